The van der Waals surface area contributed by atoms with Crippen molar-refractivity contribution < 1.29 is 14.3 Å². The van der Waals surface area contributed by atoms with E-state index in [0.29, 0.717) is 17.2 Å². The molecule has 0 saturated heterocycles. The quantitative estimate of drug-likeness (QED) is 0.708. The van der Waals surface area contributed by atoms with Crippen LogP contribution in [0, 0.1) is 0 Å². The smallest absolute Gasteiger partial charge is 0.258 e. The van der Waals surface area contributed by atoms with E-state index in [4.69, 9.17) is 9.47 Å². The first-order valence-electron chi connectivity index (χ1n) is 7.86. The number of aromatic nitrogens is 2. The van der Waals surface area contributed by atoms with Crippen LogP contribution in [0.25, 0.3) is 0 Å². The number of nitrogens with one attached hydrogen (secondary N) is 2. The summed E-state index contributed by atoms with van der Waals surface area (Å²) in [7, 11) is 3.19. The van der Waals surface area contributed by atoms with Crippen LogP contribution >= 0.6 is 0 Å². The average molecular weight is 350 g/mol. The molecular weight excluding hydrogens is 332 g/mol. The Morgan fingerprint density at radius 2 is 1.58 bits per heavy atom. The minimum absolute atomic E-state index is 0.289. The third kappa shape index (κ3) is 4.27. The second-order valence-corrected chi connectivity index (χ2v) is 5.33. The molecule has 0 fully saturated rings. The van der Waals surface area contributed by atoms with Crippen molar-refractivity contribution in [1.82, 2.24) is 9.97 Å². The van der Waals surface area contributed by atoms with Crippen LogP contribution in [-0.4, -0.2) is 30.1 Å². The van der Waals surface area contributed by atoms with Gasteiger partial charge in [0.1, 0.15) is 11.5 Å². The highest BCUT2D eigenvalue weighted by Crippen LogP contribution is 2.19. The molecule has 2 N–H and O–H groups in total. The van der Waals surface area contributed by atoms with Crippen molar-refractivity contribution in [3.8, 4) is 11.5 Å². The van der Waals surface area contributed by atoms with Crippen molar-refractivity contribution in [2.75, 3.05) is 24.9 Å². The molecule has 7 heteroatoms. The summed E-state index contributed by atoms with van der Waals surface area (Å²) in [5.41, 5.74) is 1.81. The van der Waals surface area contributed by atoms with Crippen LogP contribution in [-0.2, 0) is 0 Å². The highest BCUT2D eigenvalue weighted by molar-refractivity contribution is 6.03. The number of hydrogen-bond donors (Lipinski definition) is 2. The maximum Gasteiger partial charge on any atom is 0.258 e. The van der Waals surface area contributed by atoms with Crippen molar-refractivity contribution >= 4 is 23.2 Å². The number of benzene rings is 2. The summed E-state index contributed by atoms with van der Waals surface area (Å²) in [6.45, 7) is 0. The van der Waals surface area contributed by atoms with Crippen molar-refractivity contribution in [3.05, 3.63) is 66.5 Å². The number of carbonyl (C=O) groups is 1. The van der Waals surface area contributed by atoms with Gasteiger partial charge in [-0.25, -0.2) is 9.97 Å². The molecule has 2 aromatic carbocycles. The molecule has 0 aliphatic rings. The molecule has 0 radical (unpaired) electrons. The van der Waals surface area contributed by atoms with E-state index < -0.39 is 0 Å². The van der Waals surface area contributed by atoms with E-state index in [0.717, 1.165) is 17.2 Å². The molecule has 26 heavy (non-hydrogen) atoms. The molecule has 0 aliphatic heterocycles. The molecule has 1 amide bonds. The molecule has 1 heterocycles. The Hall–Kier alpha value is -3.61. The van der Waals surface area contributed by atoms with Gasteiger partial charge in [-0.2, -0.15) is 0 Å². The van der Waals surface area contributed by atoms with Crippen LogP contribution in [0.1, 0.15) is 10.4 Å². The van der Waals surface area contributed by atoms with Crippen molar-refractivity contribution in [2.24, 2.45) is 0 Å². The lowest BCUT2D eigenvalue weighted by molar-refractivity contribution is 0.102. The van der Waals surface area contributed by atoms with Gasteiger partial charge in [0.2, 0.25) is 5.95 Å². The predicted octanol–water partition coefficient (Wildman–Crippen LogP) is 3.49. The second-order valence-electron chi connectivity index (χ2n) is 5.33. The van der Waals surface area contributed by atoms with Gasteiger partial charge in [-0.05, 0) is 36.4 Å². The molecule has 0 aliphatic carbocycles. The van der Waals surface area contributed by atoms with E-state index in [9.17, 15) is 4.79 Å². The average Bonchev–Trinajstić information content (AvgIpc) is 2.69. The second kappa shape index (κ2) is 7.98. The zero-order valence-electron chi connectivity index (χ0n) is 14.4. The van der Waals surface area contributed by atoms with Crippen LogP contribution < -0.4 is 20.1 Å². The van der Waals surface area contributed by atoms with Gasteiger partial charge >= 0.3 is 0 Å². The molecule has 3 rings (SSSR count). The summed E-state index contributed by atoms with van der Waals surface area (Å²) < 4.78 is 10.3. The topological polar surface area (TPSA) is 85.4 Å². The van der Waals surface area contributed by atoms with Gasteiger partial charge in [-0.15, -0.1) is 0 Å². The Bertz CT molecular complexity index is 880. The van der Waals surface area contributed by atoms with Crippen LogP contribution in [0.15, 0.2) is 60.9 Å². The molecule has 3 aromatic rings. The molecule has 0 unspecified atom stereocenters. The Kier molecular flexibility index (Phi) is 5.28. The van der Waals surface area contributed by atoms with Crippen molar-refractivity contribution in [2.45, 2.75) is 0 Å². The standard InChI is InChI=1S/C19H18N4O3/c1-25-16-8-6-14(7-9-16)22-18(24)13-11-20-19(21-12-13)23-15-4-3-5-17(10-15)26-2/h3-12H,1-2H3,(H,22,24)(H,20,21,23). The van der Waals surface area contributed by atoms with Gasteiger partial charge in [0, 0.05) is 29.8 Å². The third-order valence-electron chi connectivity index (χ3n) is 3.59. The summed E-state index contributed by atoms with van der Waals surface area (Å²) >= 11 is 0. The molecule has 0 saturated carbocycles. The normalized spacial score (nSPS) is 10.1. The Morgan fingerprint density at radius 3 is 2.23 bits per heavy atom. The molecule has 0 atom stereocenters. The summed E-state index contributed by atoms with van der Waals surface area (Å²) in [6, 6.07) is 14.5. The lowest BCUT2D eigenvalue weighted by Gasteiger charge is -2.08. The fourth-order valence-electron chi connectivity index (χ4n) is 2.22. The maximum atomic E-state index is 12.3. The first-order valence-corrected chi connectivity index (χ1v) is 7.86. The Balaban J connectivity index is 1.65. The van der Waals surface area contributed by atoms with Crippen LogP contribution in [0.4, 0.5) is 17.3 Å². The molecule has 0 bridgehead atoms. The molecular formula is C19H18N4O3. The van der Waals surface area contributed by atoms with Gasteiger partial charge in [0.15, 0.2) is 0 Å². The summed E-state index contributed by atoms with van der Waals surface area (Å²) in [5.74, 6) is 1.55. The third-order valence-corrected chi connectivity index (χ3v) is 3.59. The minimum Gasteiger partial charge on any atom is -0.497 e. The highest BCUT2D eigenvalue weighted by Gasteiger charge is 2.08. The maximum absolute atomic E-state index is 12.3. The Labute approximate surface area is 151 Å². The number of nitrogens with zero attached hydrogens (tertiary/aromatic N) is 2. The van der Waals surface area contributed by atoms with E-state index >= 15 is 0 Å². The van der Waals surface area contributed by atoms with Crippen LogP contribution in [0.3, 0.4) is 0 Å². The number of anilines is 3. The van der Waals surface area contributed by atoms with Gasteiger partial charge in [0.05, 0.1) is 19.8 Å². The molecule has 132 valence electrons. The first kappa shape index (κ1) is 17.2. The van der Waals surface area contributed by atoms with E-state index in [1.165, 1.54) is 12.4 Å². The van der Waals surface area contributed by atoms with Gasteiger partial charge in [0.25, 0.3) is 5.91 Å². The van der Waals surface area contributed by atoms with E-state index in [2.05, 4.69) is 20.6 Å². The van der Waals surface area contributed by atoms with Crippen LogP contribution in [0.5, 0.6) is 11.5 Å². The largest absolute Gasteiger partial charge is 0.497 e. The lowest BCUT2D eigenvalue weighted by Crippen LogP contribution is -2.13. The zero-order chi connectivity index (χ0) is 18.4. The van der Waals surface area contributed by atoms with E-state index in [-0.39, 0.29) is 5.91 Å². The predicted molar refractivity (Wildman–Crippen MR) is 99.3 cm³/mol. The number of hydrogen-bond acceptors (Lipinski definition) is 6. The summed E-state index contributed by atoms with van der Waals surface area (Å²) in [5, 5.41) is 5.84. The van der Waals surface area contributed by atoms with Crippen molar-refractivity contribution in [1.29, 1.82) is 0 Å². The van der Waals surface area contributed by atoms with Gasteiger partial charge < -0.3 is 20.1 Å². The fraction of sp³-hybridized carbons (Fsp3) is 0.105. The summed E-state index contributed by atoms with van der Waals surface area (Å²) in [6.07, 6.45) is 2.93. The fourth-order valence-corrected chi connectivity index (χ4v) is 2.22. The van der Waals surface area contributed by atoms with Crippen molar-refractivity contribution in [3.63, 3.8) is 0 Å². The van der Waals surface area contributed by atoms with E-state index in [1.807, 2.05) is 24.3 Å². The molecule has 7 nitrogen and oxygen atoms in total. The Morgan fingerprint density at radius 1 is 0.885 bits per heavy atom. The summed E-state index contributed by atoms with van der Waals surface area (Å²) in [4.78, 5) is 20.6. The van der Waals surface area contributed by atoms with Crippen LogP contribution in [0.2, 0.25) is 0 Å². The number of carbonyl (C=O) groups excluding carboxylic acids is 1. The monoisotopic (exact) mass is 350 g/mol. The zero-order valence-corrected chi connectivity index (χ0v) is 14.4. The molecule has 0 spiro atoms. The number of rotatable bonds is 6. The minimum atomic E-state index is -0.289. The number of amides is 1. The molecule has 1 aromatic heterocycles. The van der Waals surface area contributed by atoms with E-state index in [1.54, 1.807) is 38.5 Å². The number of ether oxygens (including phenoxy) is 2. The highest BCUT2D eigenvalue weighted by atomic mass is 16.5. The van der Waals surface area contributed by atoms with Gasteiger partial charge in [-0.1, -0.05) is 6.07 Å². The number of methoxy groups -OCH3 is 2. The first-order chi connectivity index (χ1) is 12.7. The van der Waals surface area contributed by atoms with Gasteiger partial charge in [-0.3, -0.25) is 4.79 Å². The lowest BCUT2D eigenvalue weighted by atomic mass is 10.2. The SMILES string of the molecule is COc1ccc(NC(=O)c2cnc(Nc3cccc(OC)c3)nc2)cc1.